The van der Waals surface area contributed by atoms with Crippen molar-refractivity contribution in [2.45, 2.75) is 25.0 Å². The number of carbonyl (C=O) groups is 3. The van der Waals surface area contributed by atoms with Gasteiger partial charge in [-0.05, 0) is 6.42 Å². The molecule has 9 nitrogen and oxygen atoms in total. The third-order valence-corrected chi connectivity index (χ3v) is 2.37. The minimum atomic E-state index is -4.84. The Balaban J connectivity index is -0.000000321. The Kier molecular flexibility index (Phi) is 12.8. The van der Waals surface area contributed by atoms with Crippen molar-refractivity contribution < 1.29 is 72.2 Å². The Hall–Kier alpha value is -0.680. The molecule has 0 aliphatic carbocycles. The van der Waals surface area contributed by atoms with Gasteiger partial charge in [0, 0.05) is 5.97 Å². The van der Waals surface area contributed by atoms with Gasteiger partial charge in [-0.3, -0.25) is 14.1 Å². The molecule has 1 atom stereocenters. The molecule has 18 heavy (non-hydrogen) atoms. The molecule has 0 aromatic heterocycles. The summed E-state index contributed by atoms with van der Waals surface area (Å²) in [4.78, 5) is 29.3. The van der Waals surface area contributed by atoms with Gasteiger partial charge >= 0.3 is 41.5 Å². The average Bonchev–Trinajstić information content (AvgIpc) is 2.12. The smallest absolute Gasteiger partial charge is 0.550 e. The molecule has 0 amide bonds. The average molecular weight is 294 g/mol. The summed E-state index contributed by atoms with van der Waals surface area (Å²) in [5.74, 6) is -4.50. The molecule has 0 fully saturated rings. The first-order chi connectivity index (χ1) is 7.52. The molecular formula is C7H11NaO9S. The first-order valence-corrected chi connectivity index (χ1v) is 5.63. The first kappa shape index (κ1) is 22.5. The van der Waals surface area contributed by atoms with Gasteiger partial charge in [0.1, 0.15) is 0 Å². The molecule has 0 aliphatic heterocycles. The molecule has 100 valence electrons. The van der Waals surface area contributed by atoms with Crippen molar-refractivity contribution in [1.82, 2.24) is 0 Å². The van der Waals surface area contributed by atoms with Crippen molar-refractivity contribution in [3.05, 3.63) is 0 Å². The molecule has 0 heterocycles. The second-order valence-corrected chi connectivity index (χ2v) is 4.26. The quantitative estimate of drug-likeness (QED) is 0.331. The van der Waals surface area contributed by atoms with Gasteiger partial charge in [0.15, 0.2) is 5.25 Å². The van der Waals surface area contributed by atoms with Gasteiger partial charge in [-0.2, -0.15) is 8.42 Å². The van der Waals surface area contributed by atoms with Gasteiger partial charge in [-0.15, -0.1) is 0 Å². The van der Waals surface area contributed by atoms with Crippen LogP contribution in [0.2, 0.25) is 0 Å². The van der Waals surface area contributed by atoms with Gasteiger partial charge in [0.05, 0.1) is 6.42 Å². The monoisotopic (exact) mass is 294 g/mol. The standard InChI is InChI=1S/C4H6O7S.C3H6O2.Na/c5-3(6)1-2(4(7)8)12(9,10)11;1-2-3(4)5;/h2H,1H2,(H,5,6)(H,7,8)(H,9,10,11);2H2,1H3,(H,4,5);/q;;+1/p-1. The first-order valence-electron chi connectivity index (χ1n) is 4.13. The van der Waals surface area contributed by atoms with E-state index in [2.05, 4.69) is 0 Å². The Labute approximate surface area is 125 Å². The molecule has 0 saturated heterocycles. The van der Waals surface area contributed by atoms with E-state index in [9.17, 15) is 27.9 Å². The molecule has 0 spiro atoms. The van der Waals surface area contributed by atoms with E-state index < -0.39 is 39.7 Å². The molecule has 11 heteroatoms. The zero-order valence-electron chi connectivity index (χ0n) is 9.69. The molecule has 3 N–H and O–H groups in total. The maximum atomic E-state index is 10.2. The van der Waals surface area contributed by atoms with Crippen LogP contribution in [0.1, 0.15) is 19.8 Å². The third-order valence-electron chi connectivity index (χ3n) is 1.28. The van der Waals surface area contributed by atoms with Crippen LogP contribution in [0.15, 0.2) is 0 Å². The van der Waals surface area contributed by atoms with Crippen molar-refractivity contribution in [2.24, 2.45) is 0 Å². The summed E-state index contributed by atoms with van der Waals surface area (Å²) in [5.41, 5.74) is 0. The van der Waals surface area contributed by atoms with Crippen LogP contribution in [0.4, 0.5) is 0 Å². The molecule has 0 bridgehead atoms. The molecule has 0 radical (unpaired) electrons. The number of hydrogen-bond acceptors (Lipinski definition) is 6. The maximum absolute atomic E-state index is 10.2. The second kappa shape index (κ2) is 10.3. The van der Waals surface area contributed by atoms with Gasteiger partial charge < -0.3 is 20.1 Å². The Morgan fingerprint density at radius 2 is 1.56 bits per heavy atom. The molecule has 0 aliphatic rings. The second-order valence-electron chi connectivity index (χ2n) is 2.67. The number of carboxylic acids is 3. The van der Waals surface area contributed by atoms with E-state index in [1.54, 1.807) is 0 Å². The predicted octanol–water partition coefficient (Wildman–Crippen LogP) is -5.05. The van der Waals surface area contributed by atoms with E-state index >= 15 is 0 Å². The van der Waals surface area contributed by atoms with E-state index in [-0.39, 0.29) is 36.0 Å². The van der Waals surface area contributed by atoms with E-state index in [0.717, 1.165) is 0 Å². The van der Waals surface area contributed by atoms with Crippen molar-refractivity contribution in [3.8, 4) is 0 Å². The third kappa shape index (κ3) is 13.4. The van der Waals surface area contributed by atoms with Gasteiger partial charge in [0.2, 0.25) is 0 Å². The van der Waals surface area contributed by atoms with Crippen LogP contribution in [-0.2, 0) is 24.5 Å². The summed E-state index contributed by atoms with van der Waals surface area (Å²) in [6.45, 7) is 1.54. The van der Waals surface area contributed by atoms with Crippen molar-refractivity contribution in [1.29, 1.82) is 0 Å². The fraction of sp³-hybridized carbons (Fsp3) is 0.571. The molecular weight excluding hydrogens is 283 g/mol. The molecule has 0 saturated carbocycles. The van der Waals surface area contributed by atoms with Crippen LogP contribution in [-0.4, -0.2) is 46.3 Å². The summed E-state index contributed by atoms with van der Waals surface area (Å²) in [7, 11) is -4.84. The van der Waals surface area contributed by atoms with Crippen LogP contribution < -0.4 is 34.7 Å². The van der Waals surface area contributed by atoms with Gasteiger partial charge in [0.25, 0.3) is 10.1 Å². The predicted molar refractivity (Wildman–Crippen MR) is 50.5 cm³/mol. The van der Waals surface area contributed by atoms with Crippen LogP contribution in [0.25, 0.3) is 0 Å². The molecule has 0 aromatic rings. The minimum absolute atomic E-state index is 0. The Bertz CT molecular complexity index is 388. The fourth-order valence-electron chi connectivity index (χ4n) is 0.479. The summed E-state index contributed by atoms with van der Waals surface area (Å²) in [5, 5.41) is 23.2. The van der Waals surface area contributed by atoms with E-state index in [1.165, 1.54) is 6.92 Å². The van der Waals surface area contributed by atoms with E-state index in [1.807, 2.05) is 0 Å². The van der Waals surface area contributed by atoms with E-state index in [0.29, 0.717) is 0 Å². The number of carboxylic acid groups (broad SMARTS) is 3. The van der Waals surface area contributed by atoms with Gasteiger partial charge in [-0.25, -0.2) is 0 Å². The van der Waals surface area contributed by atoms with Crippen LogP contribution in [0, 0.1) is 0 Å². The normalized spacial score (nSPS) is 11.2. The number of rotatable bonds is 5. The molecule has 1 unspecified atom stereocenters. The van der Waals surface area contributed by atoms with Crippen molar-refractivity contribution >= 4 is 28.0 Å². The molecule has 0 aromatic carbocycles. The van der Waals surface area contributed by atoms with Crippen molar-refractivity contribution in [2.75, 3.05) is 0 Å². The maximum Gasteiger partial charge on any atom is 1.00 e. The van der Waals surface area contributed by atoms with Crippen LogP contribution >= 0.6 is 0 Å². The van der Waals surface area contributed by atoms with E-state index in [4.69, 9.17) is 14.8 Å². The Morgan fingerprint density at radius 3 is 1.61 bits per heavy atom. The van der Waals surface area contributed by atoms with Crippen LogP contribution in [0.5, 0.6) is 0 Å². The Morgan fingerprint density at radius 1 is 1.22 bits per heavy atom. The fourth-order valence-corrected chi connectivity index (χ4v) is 1.09. The number of aliphatic carboxylic acids is 3. The van der Waals surface area contributed by atoms with Crippen LogP contribution in [0.3, 0.4) is 0 Å². The zero-order chi connectivity index (χ0) is 14.2. The number of carbonyl (C=O) groups excluding carboxylic acids is 1. The SMILES string of the molecule is CCC(=O)[O-].O=C(O)CC(C(=O)O)S(=O)(=O)O.[Na+]. The minimum Gasteiger partial charge on any atom is -0.550 e. The summed E-state index contributed by atoms with van der Waals surface area (Å²) < 4.78 is 28.7. The van der Waals surface area contributed by atoms with Crippen molar-refractivity contribution in [3.63, 3.8) is 0 Å². The summed E-state index contributed by atoms with van der Waals surface area (Å²) in [6, 6.07) is 0. The van der Waals surface area contributed by atoms with Gasteiger partial charge in [-0.1, -0.05) is 6.92 Å². The molecule has 0 rings (SSSR count). The summed E-state index contributed by atoms with van der Waals surface area (Å²) >= 11 is 0. The number of hydrogen-bond donors (Lipinski definition) is 3. The largest absolute Gasteiger partial charge is 1.00 e. The topological polar surface area (TPSA) is 169 Å². The zero-order valence-corrected chi connectivity index (χ0v) is 12.5. The summed E-state index contributed by atoms with van der Waals surface area (Å²) in [6.07, 6.45) is -1.05.